The number of rotatable bonds is 3. The standard InChI is InChI=1S/C25H20ClNO3/c1-16(18-5-3-2-4-6-18)27-14-21-22(29-15-27)12-11-20-24(28)23(30-25(20)21)13-17-7-9-19(26)10-8-17/h2-13,16H,14-15H2,1H3/b23-13-. The summed E-state index contributed by atoms with van der Waals surface area (Å²) in [7, 11) is 0. The molecular formula is C25H20ClNO3. The summed E-state index contributed by atoms with van der Waals surface area (Å²) >= 11 is 5.96. The highest BCUT2D eigenvalue weighted by molar-refractivity contribution is 6.30. The van der Waals surface area contributed by atoms with Gasteiger partial charge in [-0.05, 0) is 48.4 Å². The van der Waals surface area contributed by atoms with Crippen LogP contribution in [-0.4, -0.2) is 17.4 Å². The number of nitrogens with zero attached hydrogens (tertiary/aromatic N) is 1. The average molecular weight is 418 g/mol. The number of Topliss-reactive ketones (excluding diaryl/α,β-unsaturated/α-hetero) is 1. The molecule has 0 fully saturated rings. The molecule has 0 amide bonds. The lowest BCUT2D eigenvalue weighted by Crippen LogP contribution is -2.34. The quantitative estimate of drug-likeness (QED) is 0.499. The summed E-state index contributed by atoms with van der Waals surface area (Å²) in [6, 6.07) is 21.4. The van der Waals surface area contributed by atoms with Gasteiger partial charge in [-0.1, -0.05) is 54.1 Å². The van der Waals surface area contributed by atoms with Crippen molar-refractivity contribution in [2.45, 2.75) is 19.5 Å². The van der Waals surface area contributed by atoms with Crippen LogP contribution < -0.4 is 9.47 Å². The van der Waals surface area contributed by atoms with Crippen molar-refractivity contribution in [1.82, 2.24) is 4.90 Å². The van der Waals surface area contributed by atoms with Crippen molar-refractivity contribution in [3.05, 3.63) is 99.8 Å². The molecule has 1 atom stereocenters. The van der Waals surface area contributed by atoms with Crippen LogP contribution in [0.2, 0.25) is 5.02 Å². The summed E-state index contributed by atoms with van der Waals surface area (Å²) in [5.74, 6) is 1.57. The predicted octanol–water partition coefficient (Wildman–Crippen LogP) is 5.87. The van der Waals surface area contributed by atoms with Crippen molar-refractivity contribution in [2.24, 2.45) is 0 Å². The van der Waals surface area contributed by atoms with Gasteiger partial charge in [0.2, 0.25) is 5.78 Å². The van der Waals surface area contributed by atoms with Gasteiger partial charge in [-0.2, -0.15) is 0 Å². The number of halogens is 1. The highest BCUT2D eigenvalue weighted by Crippen LogP contribution is 2.43. The van der Waals surface area contributed by atoms with Crippen molar-refractivity contribution < 1.29 is 14.3 Å². The fourth-order valence-corrected chi connectivity index (χ4v) is 4.00. The molecule has 4 nitrogen and oxygen atoms in total. The Morgan fingerprint density at radius 3 is 2.57 bits per heavy atom. The molecule has 0 N–H and O–H groups in total. The minimum Gasteiger partial charge on any atom is -0.478 e. The number of benzene rings is 3. The summed E-state index contributed by atoms with van der Waals surface area (Å²) < 4.78 is 12.1. The van der Waals surface area contributed by atoms with Gasteiger partial charge in [-0.15, -0.1) is 0 Å². The second-order valence-corrected chi connectivity index (χ2v) is 7.95. The van der Waals surface area contributed by atoms with Crippen LogP contribution in [-0.2, 0) is 6.54 Å². The van der Waals surface area contributed by atoms with Gasteiger partial charge in [-0.25, -0.2) is 0 Å². The molecule has 30 heavy (non-hydrogen) atoms. The van der Waals surface area contributed by atoms with E-state index in [0.29, 0.717) is 35.4 Å². The Kier molecular flexibility index (Phi) is 4.81. The summed E-state index contributed by atoms with van der Waals surface area (Å²) in [5, 5.41) is 0.651. The Labute approximate surface area is 180 Å². The van der Waals surface area contributed by atoms with Gasteiger partial charge in [0.15, 0.2) is 5.76 Å². The third-order valence-electron chi connectivity index (χ3n) is 5.64. The van der Waals surface area contributed by atoms with Crippen molar-refractivity contribution in [3.8, 4) is 11.5 Å². The summed E-state index contributed by atoms with van der Waals surface area (Å²) in [6.45, 7) is 3.30. The zero-order valence-electron chi connectivity index (χ0n) is 16.5. The van der Waals surface area contributed by atoms with E-state index in [1.54, 1.807) is 24.3 Å². The number of carbonyl (C=O) groups excluding carboxylic acids is 1. The van der Waals surface area contributed by atoms with Crippen LogP contribution in [0.4, 0.5) is 0 Å². The van der Waals surface area contributed by atoms with Crippen LogP contribution >= 0.6 is 11.6 Å². The molecule has 3 aromatic rings. The van der Waals surface area contributed by atoms with Crippen LogP contribution in [0.1, 0.15) is 40.0 Å². The van der Waals surface area contributed by atoms with Crippen LogP contribution in [0.25, 0.3) is 6.08 Å². The molecule has 0 bridgehead atoms. The molecule has 2 aliphatic rings. The van der Waals surface area contributed by atoms with E-state index in [1.807, 2.05) is 36.4 Å². The number of ether oxygens (including phenoxy) is 2. The lowest BCUT2D eigenvalue weighted by Gasteiger charge is -2.34. The normalized spacial score (nSPS) is 17.8. The molecule has 0 saturated carbocycles. The number of fused-ring (bicyclic) bond motifs is 3. The van der Waals surface area contributed by atoms with E-state index in [-0.39, 0.29) is 11.8 Å². The molecule has 2 aliphatic heterocycles. The second-order valence-electron chi connectivity index (χ2n) is 7.52. The highest BCUT2D eigenvalue weighted by Gasteiger charge is 2.34. The monoisotopic (exact) mass is 417 g/mol. The first-order valence-electron chi connectivity index (χ1n) is 9.87. The van der Waals surface area contributed by atoms with Crippen LogP contribution in [0.15, 0.2) is 72.5 Å². The SMILES string of the molecule is CC(c1ccccc1)N1COc2ccc3c(c2C1)O/C(=C\c1ccc(Cl)cc1)C3=O. The first-order chi connectivity index (χ1) is 14.6. The minimum absolute atomic E-state index is 0.115. The lowest BCUT2D eigenvalue weighted by molar-refractivity contribution is 0.0606. The number of allylic oxidation sites excluding steroid dienone is 1. The number of ketones is 1. The van der Waals surface area contributed by atoms with Crippen molar-refractivity contribution in [2.75, 3.05) is 6.73 Å². The fraction of sp³-hybridized carbons (Fsp3) is 0.160. The second kappa shape index (κ2) is 7.63. The maximum absolute atomic E-state index is 12.9. The van der Waals surface area contributed by atoms with E-state index in [9.17, 15) is 4.79 Å². The third-order valence-corrected chi connectivity index (χ3v) is 5.89. The van der Waals surface area contributed by atoms with Gasteiger partial charge in [-0.3, -0.25) is 9.69 Å². The van der Waals surface area contributed by atoms with E-state index in [2.05, 4.69) is 24.0 Å². The molecule has 5 rings (SSSR count). The smallest absolute Gasteiger partial charge is 0.231 e. The van der Waals surface area contributed by atoms with Gasteiger partial charge >= 0.3 is 0 Å². The Bertz CT molecular complexity index is 1140. The zero-order valence-corrected chi connectivity index (χ0v) is 17.2. The summed E-state index contributed by atoms with van der Waals surface area (Å²) in [5.41, 5.74) is 3.57. The van der Waals surface area contributed by atoms with E-state index >= 15 is 0 Å². The molecule has 1 unspecified atom stereocenters. The topological polar surface area (TPSA) is 38.8 Å². The van der Waals surface area contributed by atoms with Gasteiger partial charge in [0.1, 0.15) is 18.2 Å². The van der Waals surface area contributed by atoms with Gasteiger partial charge in [0.05, 0.1) is 11.1 Å². The van der Waals surface area contributed by atoms with Crippen LogP contribution in [0, 0.1) is 0 Å². The molecular weight excluding hydrogens is 398 g/mol. The largest absolute Gasteiger partial charge is 0.478 e. The first kappa shape index (κ1) is 18.9. The molecule has 150 valence electrons. The maximum atomic E-state index is 12.9. The van der Waals surface area contributed by atoms with E-state index in [1.165, 1.54) is 5.56 Å². The molecule has 2 heterocycles. The molecule has 0 aliphatic carbocycles. The minimum atomic E-state index is -0.115. The Morgan fingerprint density at radius 2 is 1.80 bits per heavy atom. The van der Waals surface area contributed by atoms with Crippen molar-refractivity contribution in [1.29, 1.82) is 0 Å². The lowest BCUT2D eigenvalue weighted by atomic mass is 10.0. The molecule has 0 radical (unpaired) electrons. The third kappa shape index (κ3) is 3.38. The highest BCUT2D eigenvalue weighted by atomic mass is 35.5. The van der Waals surface area contributed by atoms with Gasteiger partial charge < -0.3 is 9.47 Å². The summed E-state index contributed by atoms with van der Waals surface area (Å²) in [4.78, 5) is 15.1. The average Bonchev–Trinajstić information content (AvgIpc) is 3.11. The van der Waals surface area contributed by atoms with E-state index in [4.69, 9.17) is 21.1 Å². The van der Waals surface area contributed by atoms with Crippen LogP contribution in [0.3, 0.4) is 0 Å². The Balaban J connectivity index is 1.45. The van der Waals surface area contributed by atoms with E-state index in [0.717, 1.165) is 16.9 Å². The Hall–Kier alpha value is -3.08. The van der Waals surface area contributed by atoms with Gasteiger partial charge in [0.25, 0.3) is 0 Å². The number of hydrogen-bond donors (Lipinski definition) is 0. The fourth-order valence-electron chi connectivity index (χ4n) is 3.88. The van der Waals surface area contributed by atoms with Crippen molar-refractivity contribution in [3.63, 3.8) is 0 Å². The summed E-state index contributed by atoms with van der Waals surface area (Å²) in [6.07, 6.45) is 1.75. The zero-order chi connectivity index (χ0) is 20.7. The van der Waals surface area contributed by atoms with E-state index < -0.39 is 0 Å². The molecule has 5 heteroatoms. The number of carbonyl (C=O) groups is 1. The molecule has 0 aromatic heterocycles. The maximum Gasteiger partial charge on any atom is 0.231 e. The van der Waals surface area contributed by atoms with Gasteiger partial charge in [0, 0.05) is 17.6 Å². The number of hydrogen-bond acceptors (Lipinski definition) is 4. The molecule has 3 aromatic carbocycles. The predicted molar refractivity (Wildman–Crippen MR) is 117 cm³/mol. The van der Waals surface area contributed by atoms with Crippen LogP contribution in [0.5, 0.6) is 11.5 Å². The molecule has 0 saturated heterocycles. The molecule has 0 spiro atoms. The Morgan fingerprint density at radius 1 is 1.03 bits per heavy atom. The first-order valence-corrected chi connectivity index (χ1v) is 10.3. The van der Waals surface area contributed by atoms with Crippen molar-refractivity contribution >= 4 is 23.5 Å².